The quantitative estimate of drug-likeness (QED) is 0.679. The maximum absolute atomic E-state index is 4.13. The monoisotopic (exact) mass is 159 g/mol. The number of hydrogen-bond donors (Lipinski definition) is 1. The third kappa shape index (κ3) is 0.998. The second kappa shape index (κ2) is 2.63. The summed E-state index contributed by atoms with van der Waals surface area (Å²) in [7, 11) is 0. The molecule has 0 amide bonds. The lowest BCUT2D eigenvalue weighted by atomic mass is 10.1. The van der Waals surface area contributed by atoms with Crippen molar-refractivity contribution in [2.45, 2.75) is 20.3 Å². The molecule has 12 heavy (non-hydrogen) atoms. The zero-order valence-corrected chi connectivity index (χ0v) is 7.31. The van der Waals surface area contributed by atoms with Crippen LogP contribution in [0.25, 0.3) is 10.9 Å². The van der Waals surface area contributed by atoms with Gasteiger partial charge in [0.25, 0.3) is 0 Å². The van der Waals surface area contributed by atoms with Crippen molar-refractivity contribution in [3.63, 3.8) is 0 Å². The normalized spacial score (nSPS) is 10.8. The van der Waals surface area contributed by atoms with Crippen LogP contribution in [-0.4, -0.2) is 10.2 Å². The van der Waals surface area contributed by atoms with E-state index >= 15 is 0 Å². The molecule has 0 spiro atoms. The minimum absolute atomic E-state index is 1.03. The lowest BCUT2D eigenvalue weighted by Gasteiger charge is -1.94. The third-order valence-electron chi connectivity index (χ3n) is 2.13. The fraction of sp³-hybridized carbons (Fsp3) is 0.300. The zero-order valence-electron chi connectivity index (χ0n) is 7.31. The molecule has 0 fully saturated rings. The van der Waals surface area contributed by atoms with Crippen LogP contribution in [0.5, 0.6) is 0 Å². The summed E-state index contributed by atoms with van der Waals surface area (Å²) in [6.07, 6.45) is 1.03. The highest BCUT2D eigenvalue weighted by Crippen LogP contribution is 2.16. The molecule has 0 aliphatic heterocycles. The first kappa shape index (κ1) is 7.35. The van der Waals surface area contributed by atoms with Gasteiger partial charge in [-0.05, 0) is 37.1 Å². The van der Waals surface area contributed by atoms with E-state index < -0.39 is 0 Å². The summed E-state index contributed by atoms with van der Waals surface area (Å²) in [4.78, 5) is 0. The summed E-state index contributed by atoms with van der Waals surface area (Å²) in [6, 6.07) is 7.32. The minimum atomic E-state index is 1.03. The zero-order chi connectivity index (χ0) is 8.55. The topological polar surface area (TPSA) is 28.7 Å². The number of benzene rings is 1. The van der Waals surface area contributed by atoms with Crippen LogP contribution in [0.2, 0.25) is 0 Å². The van der Waals surface area contributed by atoms with Gasteiger partial charge in [0, 0.05) is 5.39 Å². The van der Waals surface area contributed by atoms with Crippen LogP contribution in [-0.2, 0) is 6.42 Å². The second-order valence-electron chi connectivity index (χ2n) is 2.95. The van der Waals surface area contributed by atoms with Gasteiger partial charge < -0.3 is 0 Å². The third-order valence-corrected chi connectivity index (χ3v) is 2.13. The van der Waals surface area contributed by atoms with E-state index in [1.165, 1.54) is 10.9 Å². The van der Waals surface area contributed by atoms with Crippen LogP contribution < -0.4 is 0 Å². The maximum Gasteiger partial charge on any atom is 0.0670 e. The lowest BCUT2D eigenvalue weighted by Crippen LogP contribution is -1.79. The van der Waals surface area contributed by atoms with Crippen LogP contribution in [0.1, 0.15) is 18.2 Å². The molecular formula is C10H11N2. The van der Waals surface area contributed by atoms with Gasteiger partial charge in [0.2, 0.25) is 0 Å². The molecule has 0 aliphatic rings. The van der Waals surface area contributed by atoms with Crippen LogP contribution in [0.3, 0.4) is 0 Å². The van der Waals surface area contributed by atoms with Gasteiger partial charge in [-0.1, -0.05) is 6.92 Å². The Morgan fingerprint density at radius 3 is 3.17 bits per heavy atom. The average Bonchev–Trinajstić information content (AvgIpc) is 2.47. The Morgan fingerprint density at radius 1 is 1.58 bits per heavy atom. The number of hydrogen-bond acceptors (Lipinski definition) is 1. The predicted molar refractivity (Wildman–Crippen MR) is 49.0 cm³/mol. The molecule has 1 aromatic heterocycles. The number of fused-ring (bicyclic) bond motifs is 1. The molecule has 1 aromatic carbocycles. The van der Waals surface area contributed by atoms with Crippen LogP contribution >= 0.6 is 0 Å². The number of aryl methyl sites for hydroxylation is 2. The molecule has 0 bridgehead atoms. The number of nitrogens with one attached hydrogen (secondary N) is 1. The Morgan fingerprint density at radius 2 is 2.42 bits per heavy atom. The van der Waals surface area contributed by atoms with Gasteiger partial charge in [-0.25, -0.2) is 0 Å². The van der Waals surface area contributed by atoms with E-state index in [2.05, 4.69) is 29.3 Å². The summed E-state index contributed by atoms with van der Waals surface area (Å²) in [5.74, 6) is 0. The summed E-state index contributed by atoms with van der Waals surface area (Å²) >= 11 is 0. The summed E-state index contributed by atoms with van der Waals surface area (Å²) < 4.78 is 0. The van der Waals surface area contributed by atoms with E-state index in [0.29, 0.717) is 0 Å². The van der Waals surface area contributed by atoms with Crippen molar-refractivity contribution in [2.24, 2.45) is 0 Å². The largest absolute Gasteiger partial charge is 0.278 e. The van der Waals surface area contributed by atoms with E-state index in [1.807, 2.05) is 13.0 Å². The number of nitrogens with zero attached hydrogens (tertiary/aromatic N) is 1. The Bertz CT molecular complexity index is 401. The van der Waals surface area contributed by atoms with Gasteiger partial charge in [-0.3, -0.25) is 5.10 Å². The molecule has 2 nitrogen and oxygen atoms in total. The maximum atomic E-state index is 4.13. The van der Waals surface area contributed by atoms with Crippen molar-refractivity contribution in [3.05, 3.63) is 29.5 Å². The van der Waals surface area contributed by atoms with E-state index in [9.17, 15) is 0 Å². The molecule has 1 N–H and O–H groups in total. The molecule has 0 saturated carbocycles. The van der Waals surface area contributed by atoms with Crippen molar-refractivity contribution in [2.75, 3.05) is 0 Å². The van der Waals surface area contributed by atoms with Gasteiger partial charge in [-0.2, -0.15) is 5.10 Å². The Hall–Kier alpha value is -1.31. The van der Waals surface area contributed by atoms with Crippen molar-refractivity contribution in [1.29, 1.82) is 0 Å². The highest BCUT2D eigenvalue weighted by Gasteiger charge is 2.00. The summed E-state index contributed by atoms with van der Waals surface area (Å²) in [5, 5.41) is 8.30. The lowest BCUT2D eigenvalue weighted by molar-refractivity contribution is 1.07. The van der Waals surface area contributed by atoms with Gasteiger partial charge >= 0.3 is 0 Å². The highest BCUT2D eigenvalue weighted by molar-refractivity contribution is 5.81. The van der Waals surface area contributed by atoms with E-state index in [-0.39, 0.29) is 0 Å². The molecule has 0 aliphatic carbocycles. The Balaban J connectivity index is 2.71. The first-order valence-electron chi connectivity index (χ1n) is 4.16. The molecule has 2 heteroatoms. The number of rotatable bonds is 1. The first-order chi connectivity index (χ1) is 5.81. The van der Waals surface area contributed by atoms with Gasteiger partial charge in [-0.15, -0.1) is 0 Å². The van der Waals surface area contributed by atoms with Crippen LogP contribution in [0.15, 0.2) is 12.1 Å². The van der Waals surface area contributed by atoms with Crippen LogP contribution in [0, 0.1) is 13.0 Å². The molecule has 0 saturated heterocycles. The minimum Gasteiger partial charge on any atom is -0.278 e. The highest BCUT2D eigenvalue weighted by atomic mass is 15.1. The SMILES string of the molecule is CCc1[c]cc2[nH]nc(C)c2c1. The molecule has 1 heterocycles. The fourth-order valence-corrected chi connectivity index (χ4v) is 1.34. The molecule has 0 unspecified atom stereocenters. The molecule has 61 valence electrons. The number of H-pyrrole nitrogens is 1. The fourth-order valence-electron chi connectivity index (χ4n) is 1.34. The first-order valence-corrected chi connectivity index (χ1v) is 4.16. The number of aromatic amines is 1. The summed E-state index contributed by atoms with van der Waals surface area (Å²) in [6.45, 7) is 4.14. The van der Waals surface area contributed by atoms with E-state index in [0.717, 1.165) is 17.6 Å². The van der Waals surface area contributed by atoms with E-state index in [4.69, 9.17) is 0 Å². The molecule has 2 aromatic rings. The van der Waals surface area contributed by atoms with Crippen molar-refractivity contribution in [3.8, 4) is 0 Å². The molecule has 0 atom stereocenters. The van der Waals surface area contributed by atoms with Gasteiger partial charge in [0.15, 0.2) is 0 Å². The Labute approximate surface area is 71.6 Å². The molecule has 1 radical (unpaired) electrons. The predicted octanol–water partition coefficient (Wildman–Crippen LogP) is 2.23. The van der Waals surface area contributed by atoms with Crippen molar-refractivity contribution < 1.29 is 0 Å². The summed E-state index contributed by atoms with van der Waals surface area (Å²) in [5.41, 5.74) is 3.38. The second-order valence-corrected chi connectivity index (χ2v) is 2.95. The standard InChI is InChI=1S/C10H11N2/c1-3-8-4-5-10-9(6-8)7(2)11-12-10/h5-6H,3H2,1-2H3,(H,11,12). The molecule has 2 rings (SSSR count). The van der Waals surface area contributed by atoms with Crippen molar-refractivity contribution >= 4 is 10.9 Å². The van der Waals surface area contributed by atoms with Gasteiger partial charge in [0.05, 0.1) is 11.2 Å². The Kier molecular flexibility index (Phi) is 1.61. The molecular weight excluding hydrogens is 148 g/mol. The smallest absolute Gasteiger partial charge is 0.0670 e. The average molecular weight is 159 g/mol. The number of aromatic nitrogens is 2. The van der Waals surface area contributed by atoms with Crippen molar-refractivity contribution in [1.82, 2.24) is 10.2 Å². The van der Waals surface area contributed by atoms with Crippen LogP contribution in [0.4, 0.5) is 0 Å². The van der Waals surface area contributed by atoms with E-state index in [1.54, 1.807) is 0 Å². The van der Waals surface area contributed by atoms with Gasteiger partial charge in [0.1, 0.15) is 0 Å².